The molecule has 1 aromatic carbocycles. The standard InChI is InChI=1S/C16H21N3O2S/c1-2-3-4-9-21-13-7-5-12(6-8-13)14-11-22-16(18-14)19-15(20)10-17/h5-8,11H,2-4,9-10,17H2,1H3,(H,18,19,20). The molecule has 0 spiro atoms. The number of unbranched alkanes of at least 4 members (excludes halogenated alkanes) is 2. The number of nitrogens with zero attached hydrogens (tertiary/aromatic N) is 1. The first-order chi connectivity index (χ1) is 10.7. The molecule has 0 bridgehead atoms. The van der Waals surface area contributed by atoms with E-state index in [0.717, 1.165) is 30.0 Å². The zero-order chi connectivity index (χ0) is 15.8. The minimum Gasteiger partial charge on any atom is -0.494 e. The molecule has 2 rings (SSSR count). The van der Waals surface area contributed by atoms with Gasteiger partial charge in [-0.3, -0.25) is 4.79 Å². The predicted molar refractivity (Wildman–Crippen MR) is 90.3 cm³/mol. The average molecular weight is 319 g/mol. The molecule has 1 heterocycles. The van der Waals surface area contributed by atoms with E-state index in [0.29, 0.717) is 5.13 Å². The Bertz CT molecular complexity index is 596. The SMILES string of the molecule is CCCCCOc1ccc(-c2csc(NC(=O)CN)n2)cc1. The Hall–Kier alpha value is -1.92. The molecule has 0 aliphatic heterocycles. The molecule has 118 valence electrons. The van der Waals surface area contributed by atoms with Crippen molar-refractivity contribution < 1.29 is 9.53 Å². The Morgan fingerprint density at radius 2 is 2.09 bits per heavy atom. The van der Waals surface area contributed by atoms with Crippen molar-refractivity contribution in [2.75, 3.05) is 18.5 Å². The van der Waals surface area contributed by atoms with Crippen LogP contribution in [0.15, 0.2) is 29.6 Å². The Balaban J connectivity index is 1.94. The highest BCUT2D eigenvalue weighted by Crippen LogP contribution is 2.26. The topological polar surface area (TPSA) is 77.2 Å². The lowest BCUT2D eigenvalue weighted by molar-refractivity contribution is -0.114. The van der Waals surface area contributed by atoms with E-state index in [2.05, 4.69) is 17.2 Å². The van der Waals surface area contributed by atoms with Crippen molar-refractivity contribution >= 4 is 22.4 Å². The predicted octanol–water partition coefficient (Wildman–Crippen LogP) is 3.28. The van der Waals surface area contributed by atoms with Crippen LogP contribution in [0, 0.1) is 0 Å². The van der Waals surface area contributed by atoms with Gasteiger partial charge in [-0.25, -0.2) is 4.98 Å². The number of rotatable bonds is 8. The second-order valence-electron chi connectivity index (χ2n) is 4.87. The van der Waals surface area contributed by atoms with Gasteiger partial charge < -0.3 is 15.8 Å². The summed E-state index contributed by atoms with van der Waals surface area (Å²) in [6.07, 6.45) is 3.46. The van der Waals surface area contributed by atoms with Crippen LogP contribution < -0.4 is 15.8 Å². The lowest BCUT2D eigenvalue weighted by Crippen LogP contribution is -2.21. The number of hydrogen-bond acceptors (Lipinski definition) is 5. The minimum absolute atomic E-state index is 0.0427. The third kappa shape index (κ3) is 4.82. The minimum atomic E-state index is -0.239. The van der Waals surface area contributed by atoms with Crippen LogP contribution in [0.1, 0.15) is 26.2 Å². The lowest BCUT2D eigenvalue weighted by Gasteiger charge is -2.06. The molecular weight excluding hydrogens is 298 g/mol. The van der Waals surface area contributed by atoms with Crippen molar-refractivity contribution in [2.24, 2.45) is 5.73 Å². The Labute approximate surface area is 134 Å². The normalized spacial score (nSPS) is 10.5. The number of aromatic nitrogens is 1. The van der Waals surface area contributed by atoms with Crippen molar-refractivity contribution in [1.82, 2.24) is 4.98 Å². The molecule has 0 saturated carbocycles. The van der Waals surface area contributed by atoms with Gasteiger partial charge >= 0.3 is 0 Å². The molecule has 5 nitrogen and oxygen atoms in total. The van der Waals surface area contributed by atoms with E-state index in [1.165, 1.54) is 24.2 Å². The Kier molecular flexibility index (Phi) is 6.36. The molecule has 0 saturated heterocycles. The molecule has 0 aliphatic rings. The van der Waals surface area contributed by atoms with E-state index in [1.54, 1.807) is 0 Å². The fourth-order valence-corrected chi connectivity index (χ4v) is 2.63. The first-order valence-corrected chi connectivity index (χ1v) is 8.29. The van der Waals surface area contributed by atoms with E-state index >= 15 is 0 Å². The van der Waals surface area contributed by atoms with Gasteiger partial charge in [0.1, 0.15) is 5.75 Å². The molecule has 1 amide bonds. The van der Waals surface area contributed by atoms with E-state index in [-0.39, 0.29) is 12.5 Å². The third-order valence-electron chi connectivity index (χ3n) is 3.10. The lowest BCUT2D eigenvalue weighted by atomic mass is 10.2. The van der Waals surface area contributed by atoms with Gasteiger partial charge in [-0.1, -0.05) is 19.8 Å². The molecular formula is C16H21N3O2S. The number of carbonyl (C=O) groups excluding carboxylic acids is 1. The van der Waals surface area contributed by atoms with Crippen molar-refractivity contribution in [2.45, 2.75) is 26.2 Å². The number of carbonyl (C=O) groups is 1. The maximum absolute atomic E-state index is 11.2. The van der Waals surface area contributed by atoms with E-state index in [9.17, 15) is 4.79 Å². The summed E-state index contributed by atoms with van der Waals surface area (Å²) >= 11 is 1.38. The van der Waals surface area contributed by atoms with Gasteiger partial charge in [0.25, 0.3) is 0 Å². The summed E-state index contributed by atoms with van der Waals surface area (Å²) in [6, 6.07) is 7.83. The smallest absolute Gasteiger partial charge is 0.239 e. The Morgan fingerprint density at radius 3 is 2.77 bits per heavy atom. The largest absolute Gasteiger partial charge is 0.494 e. The van der Waals surface area contributed by atoms with Crippen molar-refractivity contribution in [3.8, 4) is 17.0 Å². The van der Waals surface area contributed by atoms with E-state index in [4.69, 9.17) is 10.5 Å². The maximum Gasteiger partial charge on any atom is 0.239 e. The van der Waals surface area contributed by atoms with E-state index in [1.807, 2.05) is 29.6 Å². The second kappa shape index (κ2) is 8.51. The molecule has 0 unspecified atom stereocenters. The van der Waals surface area contributed by atoms with Crippen LogP contribution in [0.5, 0.6) is 5.75 Å². The van der Waals surface area contributed by atoms with Gasteiger partial charge in [0.2, 0.25) is 5.91 Å². The average Bonchev–Trinajstić information content (AvgIpc) is 3.00. The van der Waals surface area contributed by atoms with Gasteiger partial charge in [-0.15, -0.1) is 11.3 Å². The number of amides is 1. The number of benzene rings is 1. The monoisotopic (exact) mass is 319 g/mol. The van der Waals surface area contributed by atoms with Crippen LogP contribution in [0.3, 0.4) is 0 Å². The summed E-state index contributed by atoms with van der Waals surface area (Å²) in [5.41, 5.74) is 7.08. The maximum atomic E-state index is 11.2. The number of nitrogens with one attached hydrogen (secondary N) is 1. The molecule has 0 aliphatic carbocycles. The highest BCUT2D eigenvalue weighted by atomic mass is 32.1. The van der Waals surface area contributed by atoms with Gasteiger partial charge in [-0.2, -0.15) is 0 Å². The molecule has 0 atom stereocenters. The molecule has 0 fully saturated rings. The highest BCUT2D eigenvalue weighted by molar-refractivity contribution is 7.14. The third-order valence-corrected chi connectivity index (χ3v) is 3.86. The molecule has 6 heteroatoms. The Morgan fingerprint density at radius 1 is 1.32 bits per heavy atom. The first-order valence-electron chi connectivity index (χ1n) is 7.41. The number of anilines is 1. The summed E-state index contributed by atoms with van der Waals surface area (Å²) in [5.74, 6) is 0.628. The second-order valence-corrected chi connectivity index (χ2v) is 5.73. The first kappa shape index (κ1) is 16.5. The van der Waals surface area contributed by atoms with Crippen LogP contribution in [-0.4, -0.2) is 24.0 Å². The van der Waals surface area contributed by atoms with Crippen LogP contribution >= 0.6 is 11.3 Å². The molecule has 2 aromatic rings. The summed E-state index contributed by atoms with van der Waals surface area (Å²) < 4.78 is 5.68. The van der Waals surface area contributed by atoms with Gasteiger partial charge in [0.05, 0.1) is 18.8 Å². The van der Waals surface area contributed by atoms with Crippen molar-refractivity contribution in [3.63, 3.8) is 0 Å². The number of hydrogen-bond donors (Lipinski definition) is 2. The van der Waals surface area contributed by atoms with Crippen LogP contribution in [0.4, 0.5) is 5.13 Å². The molecule has 3 N–H and O–H groups in total. The zero-order valence-corrected chi connectivity index (χ0v) is 13.5. The highest BCUT2D eigenvalue weighted by Gasteiger charge is 2.07. The van der Waals surface area contributed by atoms with Crippen molar-refractivity contribution in [3.05, 3.63) is 29.6 Å². The van der Waals surface area contributed by atoms with E-state index < -0.39 is 0 Å². The zero-order valence-electron chi connectivity index (χ0n) is 12.7. The summed E-state index contributed by atoms with van der Waals surface area (Å²) in [5, 5.41) is 5.12. The van der Waals surface area contributed by atoms with Crippen molar-refractivity contribution in [1.29, 1.82) is 0 Å². The molecule has 1 aromatic heterocycles. The van der Waals surface area contributed by atoms with Gasteiger partial charge in [0, 0.05) is 10.9 Å². The number of nitrogens with two attached hydrogens (primary N) is 1. The summed E-state index contributed by atoms with van der Waals surface area (Å²) in [7, 11) is 0. The number of ether oxygens (including phenoxy) is 1. The van der Waals surface area contributed by atoms with Crippen LogP contribution in [0.2, 0.25) is 0 Å². The summed E-state index contributed by atoms with van der Waals surface area (Å²) in [6.45, 7) is 2.88. The molecule has 0 radical (unpaired) electrons. The fraction of sp³-hybridized carbons (Fsp3) is 0.375. The van der Waals surface area contributed by atoms with Gasteiger partial charge in [-0.05, 0) is 30.7 Å². The summed E-state index contributed by atoms with van der Waals surface area (Å²) in [4.78, 5) is 15.6. The van der Waals surface area contributed by atoms with Gasteiger partial charge in [0.15, 0.2) is 5.13 Å². The molecule has 22 heavy (non-hydrogen) atoms. The number of thiazole rings is 1. The van der Waals surface area contributed by atoms with Crippen LogP contribution in [0.25, 0.3) is 11.3 Å². The quantitative estimate of drug-likeness (QED) is 0.732. The van der Waals surface area contributed by atoms with Crippen LogP contribution in [-0.2, 0) is 4.79 Å². The fourth-order valence-electron chi connectivity index (χ4n) is 1.90.